The lowest BCUT2D eigenvalue weighted by atomic mass is 10.4. The molecule has 0 atom stereocenters. The van der Waals surface area contributed by atoms with Crippen molar-refractivity contribution >= 4 is 11.6 Å². The van der Waals surface area contributed by atoms with Crippen molar-refractivity contribution in [3.8, 4) is 0 Å². The van der Waals surface area contributed by atoms with Gasteiger partial charge in [-0.2, -0.15) is 0 Å². The van der Waals surface area contributed by atoms with E-state index in [1.165, 1.54) is 7.05 Å². The van der Waals surface area contributed by atoms with Gasteiger partial charge >= 0.3 is 0 Å². The minimum Gasteiger partial charge on any atom is -0.374 e. The molecule has 0 amide bonds. The molecule has 0 saturated heterocycles. The number of nitrogens with one attached hydrogen (secondary N) is 2. The van der Waals surface area contributed by atoms with Gasteiger partial charge in [-0.05, 0) is 0 Å². The molecular formula is C10H13F4N3O. The lowest BCUT2D eigenvalue weighted by molar-refractivity contribution is 0.0214. The van der Waals surface area contributed by atoms with E-state index in [2.05, 4.69) is 20.4 Å². The molecule has 0 aliphatic carbocycles. The largest absolute Gasteiger partial charge is 0.374 e. The van der Waals surface area contributed by atoms with E-state index in [-0.39, 0.29) is 24.8 Å². The zero-order valence-electron chi connectivity index (χ0n) is 9.64. The third-order valence-corrected chi connectivity index (χ3v) is 1.95. The molecule has 0 aromatic carbocycles. The molecule has 1 rings (SSSR count). The number of ether oxygens (including phenoxy) is 1. The van der Waals surface area contributed by atoms with E-state index in [9.17, 15) is 17.6 Å². The fourth-order valence-electron chi connectivity index (χ4n) is 1.18. The summed E-state index contributed by atoms with van der Waals surface area (Å²) in [4.78, 5) is 3.65. The molecule has 0 aliphatic heterocycles. The van der Waals surface area contributed by atoms with Crippen molar-refractivity contribution in [3.05, 3.63) is 17.7 Å². The molecule has 0 aliphatic rings. The maximum absolute atomic E-state index is 13.3. The number of hydrogen-bond donors (Lipinski definition) is 2. The van der Waals surface area contributed by atoms with E-state index in [4.69, 9.17) is 0 Å². The summed E-state index contributed by atoms with van der Waals surface area (Å²) in [5.41, 5.74) is 0. The number of hydrogen-bond acceptors (Lipinski definition) is 4. The van der Waals surface area contributed by atoms with E-state index in [0.29, 0.717) is 6.07 Å². The molecule has 0 radical (unpaired) electrons. The molecule has 0 saturated carbocycles. The van der Waals surface area contributed by atoms with E-state index < -0.39 is 24.7 Å². The second-order valence-electron chi connectivity index (χ2n) is 3.29. The van der Waals surface area contributed by atoms with Crippen LogP contribution in [0, 0.1) is 11.6 Å². The minimum atomic E-state index is -2.54. The molecule has 4 nitrogen and oxygen atoms in total. The van der Waals surface area contributed by atoms with Gasteiger partial charge in [-0.3, -0.25) is 0 Å². The van der Waals surface area contributed by atoms with Gasteiger partial charge in [0.25, 0.3) is 6.43 Å². The summed E-state index contributed by atoms with van der Waals surface area (Å²) in [7, 11) is 1.44. The summed E-state index contributed by atoms with van der Waals surface area (Å²) in [5.74, 6) is -1.94. The van der Waals surface area contributed by atoms with Crippen molar-refractivity contribution < 1.29 is 22.3 Å². The maximum atomic E-state index is 13.3. The van der Waals surface area contributed by atoms with Crippen molar-refractivity contribution in [1.82, 2.24) is 4.98 Å². The Morgan fingerprint density at radius 2 is 1.94 bits per heavy atom. The third kappa shape index (κ3) is 4.36. The Kier molecular flexibility index (Phi) is 5.63. The molecule has 0 bridgehead atoms. The van der Waals surface area contributed by atoms with Crippen LogP contribution in [0.5, 0.6) is 0 Å². The van der Waals surface area contributed by atoms with Crippen molar-refractivity contribution in [3.63, 3.8) is 0 Å². The van der Waals surface area contributed by atoms with Gasteiger partial charge < -0.3 is 15.4 Å². The number of nitrogens with zero attached hydrogens (tertiary/aromatic N) is 1. The van der Waals surface area contributed by atoms with Crippen LogP contribution in [-0.4, -0.2) is 38.2 Å². The Morgan fingerprint density at radius 3 is 2.56 bits per heavy atom. The highest BCUT2D eigenvalue weighted by atomic mass is 19.3. The van der Waals surface area contributed by atoms with Crippen LogP contribution in [0.2, 0.25) is 0 Å². The van der Waals surface area contributed by atoms with Gasteiger partial charge in [-0.25, -0.2) is 22.5 Å². The Morgan fingerprint density at radius 1 is 1.28 bits per heavy atom. The monoisotopic (exact) mass is 267 g/mol. The lowest BCUT2D eigenvalue weighted by Gasteiger charge is -2.09. The number of rotatable bonds is 7. The van der Waals surface area contributed by atoms with Gasteiger partial charge in [0.1, 0.15) is 6.61 Å². The first kappa shape index (κ1) is 14.5. The summed E-state index contributed by atoms with van der Waals surface area (Å²) in [6, 6.07) is 0.682. The summed E-state index contributed by atoms with van der Waals surface area (Å²) >= 11 is 0. The topological polar surface area (TPSA) is 46.2 Å². The SMILES string of the molecule is CNc1nc(NCCOCC(F)F)c(F)cc1F. The van der Waals surface area contributed by atoms with Gasteiger partial charge in [-0.1, -0.05) is 0 Å². The van der Waals surface area contributed by atoms with Crippen LogP contribution in [0.25, 0.3) is 0 Å². The molecule has 1 aromatic heterocycles. The highest BCUT2D eigenvalue weighted by molar-refractivity contribution is 5.47. The Balaban J connectivity index is 2.47. The van der Waals surface area contributed by atoms with Crippen molar-refractivity contribution in [2.75, 3.05) is 37.4 Å². The first-order valence-electron chi connectivity index (χ1n) is 5.18. The molecule has 102 valence electrons. The summed E-state index contributed by atoms with van der Waals surface area (Å²) in [6.45, 7) is -0.619. The van der Waals surface area contributed by atoms with Crippen molar-refractivity contribution in [2.45, 2.75) is 6.43 Å². The zero-order chi connectivity index (χ0) is 13.5. The summed E-state index contributed by atoms with van der Waals surface area (Å²) in [6.07, 6.45) is -2.54. The highest BCUT2D eigenvalue weighted by Gasteiger charge is 2.10. The average Bonchev–Trinajstić information content (AvgIpc) is 2.30. The predicted molar refractivity (Wildman–Crippen MR) is 59.0 cm³/mol. The molecular weight excluding hydrogens is 254 g/mol. The molecule has 18 heavy (non-hydrogen) atoms. The predicted octanol–water partition coefficient (Wildman–Crippen LogP) is 2.10. The number of halogens is 4. The molecule has 0 unspecified atom stereocenters. The van der Waals surface area contributed by atoms with Crippen LogP contribution in [-0.2, 0) is 4.74 Å². The molecule has 8 heteroatoms. The fourth-order valence-corrected chi connectivity index (χ4v) is 1.18. The second kappa shape index (κ2) is 7.00. The van der Waals surface area contributed by atoms with Gasteiger partial charge in [0.2, 0.25) is 0 Å². The summed E-state index contributed by atoms with van der Waals surface area (Å²) in [5, 5.41) is 4.98. The lowest BCUT2D eigenvalue weighted by Crippen LogP contribution is -2.15. The number of alkyl halides is 2. The summed E-state index contributed by atoms with van der Waals surface area (Å²) < 4.78 is 54.3. The average molecular weight is 267 g/mol. The Hall–Kier alpha value is -1.57. The highest BCUT2D eigenvalue weighted by Crippen LogP contribution is 2.18. The smallest absolute Gasteiger partial charge is 0.261 e. The maximum Gasteiger partial charge on any atom is 0.261 e. The van der Waals surface area contributed by atoms with Gasteiger partial charge in [0.05, 0.1) is 6.61 Å². The molecule has 1 aromatic rings. The van der Waals surface area contributed by atoms with Gasteiger partial charge in [0, 0.05) is 19.7 Å². The first-order valence-corrected chi connectivity index (χ1v) is 5.18. The van der Waals surface area contributed by atoms with E-state index in [0.717, 1.165) is 0 Å². The fraction of sp³-hybridized carbons (Fsp3) is 0.500. The normalized spacial score (nSPS) is 10.8. The van der Waals surface area contributed by atoms with E-state index in [1.54, 1.807) is 0 Å². The van der Waals surface area contributed by atoms with Crippen molar-refractivity contribution in [2.24, 2.45) is 0 Å². The van der Waals surface area contributed by atoms with Crippen LogP contribution in [0.4, 0.5) is 29.2 Å². The Bertz CT molecular complexity index is 390. The third-order valence-electron chi connectivity index (χ3n) is 1.95. The van der Waals surface area contributed by atoms with Crippen LogP contribution < -0.4 is 10.6 Å². The molecule has 0 fully saturated rings. The van der Waals surface area contributed by atoms with Crippen LogP contribution in [0.1, 0.15) is 0 Å². The molecule has 0 spiro atoms. The Labute approximate surface area is 101 Å². The zero-order valence-corrected chi connectivity index (χ0v) is 9.64. The molecule has 2 N–H and O–H groups in total. The number of pyridine rings is 1. The number of anilines is 2. The van der Waals surface area contributed by atoms with Crippen LogP contribution in [0.15, 0.2) is 6.07 Å². The standard InChI is InChI=1S/C10H13F4N3O/c1-15-9-6(11)4-7(12)10(17-9)16-2-3-18-5-8(13)14/h4,8H,2-3,5H2,1H3,(H2,15,16,17). The van der Waals surface area contributed by atoms with Gasteiger partial charge in [-0.15, -0.1) is 0 Å². The first-order chi connectivity index (χ1) is 8.54. The van der Waals surface area contributed by atoms with Crippen LogP contribution in [0.3, 0.4) is 0 Å². The van der Waals surface area contributed by atoms with E-state index >= 15 is 0 Å². The minimum absolute atomic E-state index is 0.0300. The van der Waals surface area contributed by atoms with E-state index in [1.807, 2.05) is 0 Å². The second-order valence-corrected chi connectivity index (χ2v) is 3.29. The van der Waals surface area contributed by atoms with Crippen molar-refractivity contribution in [1.29, 1.82) is 0 Å². The van der Waals surface area contributed by atoms with Gasteiger partial charge in [0.15, 0.2) is 23.3 Å². The molecule has 1 heterocycles. The quantitative estimate of drug-likeness (QED) is 0.586. The van der Waals surface area contributed by atoms with Crippen LogP contribution >= 0.6 is 0 Å². The number of aromatic nitrogens is 1.